The SMILES string of the molecule is O=C1C[C@@H]2CC=CC[C@H](NC(=O)c3ccc4ccccc4c3)C(=O)N2[C@H](C(=O)NC2CC(=O)OC2O)C1. The number of ether oxygens (including phenoxy) is 1. The smallest absolute Gasteiger partial charge is 0.310 e. The van der Waals surface area contributed by atoms with Gasteiger partial charge in [0.25, 0.3) is 5.91 Å². The van der Waals surface area contributed by atoms with Crippen molar-refractivity contribution in [1.29, 1.82) is 0 Å². The van der Waals surface area contributed by atoms with Crippen molar-refractivity contribution in [3.63, 3.8) is 0 Å². The predicted molar refractivity (Wildman–Crippen MR) is 131 cm³/mol. The second-order valence-electron chi connectivity index (χ2n) is 9.59. The zero-order valence-corrected chi connectivity index (χ0v) is 20.0. The number of fused-ring (bicyclic) bond motifs is 2. The average Bonchev–Trinajstić information content (AvgIpc) is 3.19. The molecule has 3 aliphatic heterocycles. The number of Topliss-reactive ketones (excluding diaryl/α,β-unsaturated/α-hetero) is 1. The van der Waals surface area contributed by atoms with Crippen LogP contribution < -0.4 is 10.6 Å². The first-order valence-electron chi connectivity index (χ1n) is 12.3. The highest BCUT2D eigenvalue weighted by Gasteiger charge is 2.45. The Bertz CT molecular complexity index is 1310. The summed E-state index contributed by atoms with van der Waals surface area (Å²) in [5.74, 6) is -2.36. The molecule has 3 amide bonds. The van der Waals surface area contributed by atoms with Crippen molar-refractivity contribution < 1.29 is 33.8 Å². The molecule has 192 valence electrons. The second-order valence-corrected chi connectivity index (χ2v) is 9.59. The molecular formula is C27H27N3O7. The van der Waals surface area contributed by atoms with Crippen molar-refractivity contribution in [3.05, 3.63) is 60.2 Å². The summed E-state index contributed by atoms with van der Waals surface area (Å²) in [5.41, 5.74) is 0.400. The van der Waals surface area contributed by atoms with Gasteiger partial charge in [0.2, 0.25) is 18.1 Å². The van der Waals surface area contributed by atoms with Crippen molar-refractivity contribution in [3.8, 4) is 0 Å². The summed E-state index contributed by atoms with van der Waals surface area (Å²) >= 11 is 0. The van der Waals surface area contributed by atoms with Gasteiger partial charge in [0, 0.05) is 24.4 Å². The third kappa shape index (κ3) is 5.10. The summed E-state index contributed by atoms with van der Waals surface area (Å²) in [5, 5.41) is 17.1. The lowest BCUT2D eigenvalue weighted by molar-refractivity contribution is -0.156. The monoisotopic (exact) mass is 505 g/mol. The number of amides is 3. The molecule has 3 aliphatic rings. The Hall–Kier alpha value is -4.05. The maximum atomic E-state index is 13.7. The number of aliphatic hydroxyl groups is 1. The van der Waals surface area contributed by atoms with E-state index in [0.29, 0.717) is 12.0 Å². The lowest BCUT2D eigenvalue weighted by Gasteiger charge is -2.43. The highest BCUT2D eigenvalue weighted by molar-refractivity contribution is 6.02. The van der Waals surface area contributed by atoms with Crippen molar-refractivity contribution in [2.75, 3.05) is 0 Å². The van der Waals surface area contributed by atoms with E-state index in [1.165, 1.54) is 4.90 Å². The van der Waals surface area contributed by atoms with Gasteiger partial charge < -0.3 is 25.4 Å². The first kappa shape index (κ1) is 24.6. The molecule has 2 aromatic rings. The van der Waals surface area contributed by atoms with Crippen molar-refractivity contribution in [2.24, 2.45) is 0 Å². The van der Waals surface area contributed by atoms with Crippen LogP contribution in [0.5, 0.6) is 0 Å². The average molecular weight is 506 g/mol. The van der Waals surface area contributed by atoms with Gasteiger partial charge in [-0.1, -0.05) is 42.5 Å². The largest absolute Gasteiger partial charge is 0.434 e. The molecule has 3 N–H and O–H groups in total. The zero-order valence-electron chi connectivity index (χ0n) is 20.0. The van der Waals surface area contributed by atoms with Crippen LogP contribution >= 0.6 is 0 Å². The van der Waals surface area contributed by atoms with Crippen LogP contribution in [0.1, 0.15) is 42.5 Å². The molecule has 2 aromatic carbocycles. The van der Waals surface area contributed by atoms with Crippen LogP contribution in [0, 0.1) is 0 Å². The standard InChI is InChI=1S/C27H27N3O7/c31-19-12-18-7-3-4-8-20(28-24(33)17-10-9-15-5-1-2-6-16(15)11-17)26(35)30(18)22(13-19)25(34)29-21-14-23(32)37-27(21)36/h1-6,9-11,18,20-22,27,36H,7-8,12-14H2,(H,28,33)(H,29,34)/t18-,20-,21?,22-,27?/m0/s1. The fourth-order valence-electron chi connectivity index (χ4n) is 5.17. The number of hydrogen-bond acceptors (Lipinski definition) is 7. The molecule has 0 radical (unpaired) electrons. The Morgan fingerprint density at radius 1 is 0.919 bits per heavy atom. The predicted octanol–water partition coefficient (Wildman–Crippen LogP) is 0.967. The summed E-state index contributed by atoms with van der Waals surface area (Å²) < 4.78 is 4.67. The van der Waals surface area contributed by atoms with Crippen LogP contribution in [0.15, 0.2) is 54.6 Å². The summed E-state index contributed by atoms with van der Waals surface area (Å²) in [7, 11) is 0. The van der Waals surface area contributed by atoms with E-state index >= 15 is 0 Å². The molecule has 10 nitrogen and oxygen atoms in total. The number of esters is 1. The molecule has 5 atom stereocenters. The lowest BCUT2D eigenvalue weighted by atomic mass is 9.89. The number of rotatable bonds is 4. The number of piperidine rings is 1. The van der Waals surface area contributed by atoms with Gasteiger partial charge >= 0.3 is 5.97 Å². The van der Waals surface area contributed by atoms with E-state index in [-0.39, 0.29) is 31.5 Å². The van der Waals surface area contributed by atoms with Crippen LogP contribution in [0.3, 0.4) is 0 Å². The highest BCUT2D eigenvalue weighted by atomic mass is 16.6. The number of carbonyl (C=O) groups excluding carboxylic acids is 5. The Labute approximate surface area is 212 Å². The molecular weight excluding hydrogens is 478 g/mol. The van der Waals surface area contributed by atoms with E-state index < -0.39 is 54.1 Å². The van der Waals surface area contributed by atoms with Gasteiger partial charge in [0.15, 0.2) is 0 Å². The number of ketones is 1. The minimum absolute atomic E-state index is 0.0961. The molecule has 37 heavy (non-hydrogen) atoms. The molecule has 0 spiro atoms. The molecule has 0 aromatic heterocycles. The van der Waals surface area contributed by atoms with Gasteiger partial charge in [-0.15, -0.1) is 0 Å². The van der Waals surface area contributed by atoms with Crippen molar-refractivity contribution in [1.82, 2.24) is 15.5 Å². The first-order valence-corrected chi connectivity index (χ1v) is 12.3. The fraction of sp³-hybridized carbons (Fsp3) is 0.370. The van der Waals surface area contributed by atoms with Crippen molar-refractivity contribution in [2.45, 2.75) is 62.6 Å². The van der Waals surface area contributed by atoms with E-state index in [4.69, 9.17) is 0 Å². The van der Waals surface area contributed by atoms with Gasteiger partial charge in [-0.2, -0.15) is 0 Å². The molecule has 0 aliphatic carbocycles. The number of carbonyl (C=O) groups is 5. The van der Waals surface area contributed by atoms with E-state index in [9.17, 15) is 29.1 Å². The number of nitrogens with zero attached hydrogens (tertiary/aromatic N) is 1. The third-order valence-corrected chi connectivity index (χ3v) is 7.04. The Kier molecular flexibility index (Phi) is 6.75. The topological polar surface area (TPSA) is 142 Å². The Balaban J connectivity index is 1.37. The van der Waals surface area contributed by atoms with Crippen LogP contribution in [-0.4, -0.2) is 69.9 Å². The van der Waals surface area contributed by atoms with E-state index in [0.717, 1.165) is 10.8 Å². The van der Waals surface area contributed by atoms with E-state index in [1.807, 2.05) is 36.4 Å². The lowest BCUT2D eigenvalue weighted by Crippen LogP contribution is -2.63. The van der Waals surface area contributed by atoms with Gasteiger partial charge in [-0.25, -0.2) is 0 Å². The zero-order chi connectivity index (χ0) is 26.1. The molecule has 5 rings (SSSR count). The number of hydrogen-bond donors (Lipinski definition) is 3. The molecule has 3 heterocycles. The number of cyclic esters (lactones) is 1. The van der Waals surface area contributed by atoms with Gasteiger partial charge in [0.1, 0.15) is 23.9 Å². The van der Waals surface area contributed by atoms with E-state index in [1.54, 1.807) is 18.2 Å². The van der Waals surface area contributed by atoms with Gasteiger partial charge in [-0.05, 0) is 35.7 Å². The molecule has 2 fully saturated rings. The maximum absolute atomic E-state index is 13.7. The maximum Gasteiger partial charge on any atom is 0.310 e. The minimum Gasteiger partial charge on any atom is -0.434 e. The molecule has 0 saturated carbocycles. The Morgan fingerprint density at radius 2 is 1.68 bits per heavy atom. The number of benzene rings is 2. The molecule has 10 heteroatoms. The van der Waals surface area contributed by atoms with Crippen LogP contribution in [0.25, 0.3) is 10.8 Å². The number of nitrogens with one attached hydrogen (secondary N) is 2. The fourth-order valence-corrected chi connectivity index (χ4v) is 5.17. The highest BCUT2D eigenvalue weighted by Crippen LogP contribution is 2.27. The quantitative estimate of drug-likeness (QED) is 0.415. The summed E-state index contributed by atoms with van der Waals surface area (Å²) in [6.45, 7) is 0. The van der Waals surface area contributed by atoms with Crippen LogP contribution in [0.4, 0.5) is 0 Å². The molecule has 0 bridgehead atoms. The third-order valence-electron chi connectivity index (χ3n) is 7.04. The normalized spacial score (nSPS) is 27.8. The number of aliphatic hydroxyl groups excluding tert-OH is 1. The first-order chi connectivity index (χ1) is 17.8. The van der Waals surface area contributed by atoms with Crippen LogP contribution in [-0.2, 0) is 23.9 Å². The summed E-state index contributed by atoms with van der Waals surface area (Å²) in [6.07, 6.45) is 2.46. The summed E-state index contributed by atoms with van der Waals surface area (Å²) in [6, 6.07) is 9.31. The van der Waals surface area contributed by atoms with E-state index in [2.05, 4.69) is 15.4 Å². The minimum atomic E-state index is -1.49. The van der Waals surface area contributed by atoms with Crippen LogP contribution in [0.2, 0.25) is 0 Å². The Morgan fingerprint density at radius 3 is 2.43 bits per heavy atom. The summed E-state index contributed by atoms with van der Waals surface area (Å²) in [4.78, 5) is 65.4. The van der Waals surface area contributed by atoms with Crippen molar-refractivity contribution >= 4 is 40.2 Å². The second kappa shape index (κ2) is 10.1. The molecule has 2 saturated heterocycles. The van der Waals surface area contributed by atoms with Gasteiger partial charge in [0.05, 0.1) is 6.42 Å². The molecule has 2 unspecified atom stereocenters. The van der Waals surface area contributed by atoms with Gasteiger partial charge in [-0.3, -0.25) is 24.0 Å².